The van der Waals surface area contributed by atoms with Crippen LogP contribution < -0.4 is 11.3 Å². The van der Waals surface area contributed by atoms with Crippen molar-refractivity contribution in [3.05, 3.63) is 81.1 Å². The number of nitrogens with one attached hydrogen (secondary N) is 1. The number of nitrogens with zero attached hydrogens (tertiary/aromatic N) is 4. The van der Waals surface area contributed by atoms with Crippen molar-refractivity contribution in [1.82, 2.24) is 20.0 Å². The highest BCUT2D eigenvalue weighted by atomic mass is 35.5. The minimum atomic E-state index is -0.696. The third kappa shape index (κ3) is 3.09. The van der Waals surface area contributed by atoms with E-state index in [4.69, 9.17) is 17.3 Å². The van der Waals surface area contributed by atoms with Gasteiger partial charge in [0.2, 0.25) is 0 Å². The first-order valence-corrected chi connectivity index (χ1v) is 10.4. The molecule has 3 aromatic carbocycles. The van der Waals surface area contributed by atoms with Crippen LogP contribution in [-0.4, -0.2) is 20.0 Å². The number of aromatic amines is 1. The summed E-state index contributed by atoms with van der Waals surface area (Å²) in [7, 11) is 1.67. The lowest BCUT2D eigenvalue weighted by Crippen LogP contribution is -2.13. The fourth-order valence-electron chi connectivity index (χ4n) is 4.19. The fourth-order valence-corrected chi connectivity index (χ4v) is 4.45. The van der Waals surface area contributed by atoms with E-state index in [1.54, 1.807) is 55.7 Å². The van der Waals surface area contributed by atoms with E-state index in [9.17, 15) is 10.1 Å². The normalized spacial score (nSPS) is 11.2. The summed E-state index contributed by atoms with van der Waals surface area (Å²) in [4.78, 5) is 12.2. The van der Waals surface area contributed by atoms with Crippen molar-refractivity contribution in [2.75, 3.05) is 0 Å². The van der Waals surface area contributed by atoms with Gasteiger partial charge >= 0.3 is 0 Å². The number of aryl methyl sites for hydroxylation is 1. The highest BCUT2D eigenvalue weighted by Crippen LogP contribution is 2.42. The Kier molecular flexibility index (Phi) is 4.93. The molecule has 5 aromatic rings. The first-order valence-electron chi connectivity index (χ1n) is 10.00. The molecule has 2 aromatic heterocycles. The maximum Gasteiger partial charge on any atom is 0.272 e. The molecule has 0 aliphatic carbocycles. The van der Waals surface area contributed by atoms with Gasteiger partial charge in [-0.05, 0) is 17.7 Å². The van der Waals surface area contributed by atoms with Gasteiger partial charge in [-0.25, -0.2) is 9.49 Å². The van der Waals surface area contributed by atoms with Crippen LogP contribution in [0, 0.1) is 17.1 Å². The smallest absolute Gasteiger partial charge is 0.272 e. The van der Waals surface area contributed by atoms with Gasteiger partial charge in [0.25, 0.3) is 5.56 Å². The summed E-state index contributed by atoms with van der Waals surface area (Å²) < 4.78 is 17.2. The molecule has 2 heterocycles. The van der Waals surface area contributed by atoms with E-state index in [-0.39, 0.29) is 28.3 Å². The summed E-state index contributed by atoms with van der Waals surface area (Å²) in [5, 5.41) is 22.7. The van der Waals surface area contributed by atoms with E-state index in [1.807, 2.05) is 0 Å². The Bertz CT molecular complexity index is 1680. The number of nitriles is 1. The number of halogens is 2. The van der Waals surface area contributed by atoms with Crippen LogP contribution in [0.5, 0.6) is 0 Å². The van der Waals surface area contributed by atoms with E-state index >= 15 is 4.39 Å². The van der Waals surface area contributed by atoms with Gasteiger partial charge in [0.1, 0.15) is 6.07 Å². The van der Waals surface area contributed by atoms with Crippen LogP contribution in [0.2, 0.25) is 5.02 Å². The Morgan fingerprint density at radius 3 is 2.67 bits per heavy atom. The van der Waals surface area contributed by atoms with Gasteiger partial charge in [-0.2, -0.15) is 15.5 Å². The van der Waals surface area contributed by atoms with E-state index in [1.165, 1.54) is 4.68 Å². The average molecular weight is 459 g/mol. The number of nitrogens with two attached hydrogens (primary N) is 1. The Balaban J connectivity index is 1.85. The van der Waals surface area contributed by atoms with Crippen molar-refractivity contribution in [1.29, 1.82) is 5.26 Å². The topological polar surface area (TPSA) is 113 Å². The lowest BCUT2D eigenvalue weighted by atomic mass is 9.93. The minimum Gasteiger partial charge on any atom is -0.325 e. The lowest BCUT2D eigenvalue weighted by Gasteiger charge is -2.14. The van der Waals surface area contributed by atoms with Gasteiger partial charge in [-0.1, -0.05) is 41.9 Å². The monoisotopic (exact) mass is 458 g/mol. The van der Waals surface area contributed by atoms with E-state index in [0.717, 1.165) is 0 Å². The number of hydrogen-bond acceptors (Lipinski definition) is 5. The molecule has 0 radical (unpaired) electrons. The lowest BCUT2D eigenvalue weighted by molar-refractivity contribution is 0.630. The van der Waals surface area contributed by atoms with Crippen molar-refractivity contribution in [3.8, 4) is 28.5 Å². The maximum absolute atomic E-state index is 15.6. The summed E-state index contributed by atoms with van der Waals surface area (Å²) in [5.74, 6) is -0.696. The largest absolute Gasteiger partial charge is 0.325 e. The van der Waals surface area contributed by atoms with E-state index < -0.39 is 5.82 Å². The highest BCUT2D eigenvalue weighted by molar-refractivity contribution is 6.36. The van der Waals surface area contributed by atoms with Crippen molar-refractivity contribution in [3.63, 3.8) is 0 Å². The van der Waals surface area contributed by atoms with Crippen LogP contribution in [0.3, 0.4) is 0 Å². The molecule has 33 heavy (non-hydrogen) atoms. The van der Waals surface area contributed by atoms with Crippen LogP contribution in [0.4, 0.5) is 4.39 Å². The van der Waals surface area contributed by atoms with Crippen molar-refractivity contribution < 1.29 is 4.39 Å². The molecule has 7 nitrogen and oxygen atoms in total. The number of hydrogen-bond donors (Lipinski definition) is 2. The molecule has 9 heteroatoms. The van der Waals surface area contributed by atoms with Crippen LogP contribution in [0.15, 0.2) is 53.5 Å². The molecule has 162 valence electrons. The molecule has 5 rings (SSSR count). The van der Waals surface area contributed by atoms with E-state index in [2.05, 4.69) is 21.4 Å². The van der Waals surface area contributed by atoms with Gasteiger partial charge in [0.05, 0.1) is 39.1 Å². The molecule has 0 atom stereocenters. The van der Waals surface area contributed by atoms with Crippen LogP contribution in [-0.2, 0) is 13.6 Å². The molecule has 0 amide bonds. The predicted octanol–water partition coefficient (Wildman–Crippen LogP) is 4.27. The number of H-pyrrole nitrogens is 1. The summed E-state index contributed by atoms with van der Waals surface area (Å²) in [6.07, 6.45) is 1.59. The standard InChI is InChI=1S/C24H16ClFN6O/c1-32-23(20-17(9-27)13-4-2-3-5-14(13)21(25)22(20)26)18(11-29-32)12-6-7-15-16(8-12)19(10-28)30-31-24(15)33/h2-8,11H,10,28H2,1H3,(H,31,33). The summed E-state index contributed by atoms with van der Waals surface area (Å²) >= 11 is 6.39. The van der Waals surface area contributed by atoms with Crippen LogP contribution in [0.1, 0.15) is 11.3 Å². The predicted molar refractivity (Wildman–Crippen MR) is 125 cm³/mol. The Labute approximate surface area is 191 Å². The molecule has 0 saturated carbocycles. The molecule has 0 aliphatic heterocycles. The molecule has 3 N–H and O–H groups in total. The summed E-state index contributed by atoms with van der Waals surface area (Å²) in [6.45, 7) is 0.129. The third-order valence-electron chi connectivity index (χ3n) is 5.75. The quantitative estimate of drug-likeness (QED) is 0.419. The third-order valence-corrected chi connectivity index (χ3v) is 6.12. The Morgan fingerprint density at radius 1 is 1.18 bits per heavy atom. The van der Waals surface area contributed by atoms with Gasteiger partial charge in [-0.3, -0.25) is 9.48 Å². The summed E-state index contributed by atoms with van der Waals surface area (Å²) in [5.41, 5.74) is 7.86. The zero-order valence-corrected chi connectivity index (χ0v) is 18.1. The highest BCUT2D eigenvalue weighted by Gasteiger charge is 2.25. The molecule has 0 unspecified atom stereocenters. The van der Waals surface area contributed by atoms with E-state index in [0.29, 0.717) is 44.1 Å². The second-order valence-corrected chi connectivity index (χ2v) is 7.91. The SMILES string of the molecule is Cn1ncc(-c2ccc3c(=O)[nH]nc(CN)c3c2)c1-c1c(F)c(Cl)c2ccccc2c1C#N. The Hall–Kier alpha value is -4.06. The summed E-state index contributed by atoms with van der Waals surface area (Å²) in [6, 6.07) is 14.2. The van der Waals surface area contributed by atoms with Gasteiger partial charge in [0, 0.05) is 35.3 Å². The number of benzene rings is 3. The number of aromatic nitrogens is 4. The van der Waals surface area contributed by atoms with Crippen LogP contribution >= 0.6 is 11.6 Å². The minimum absolute atomic E-state index is 0.0635. The molecular formula is C24H16ClFN6O. The van der Waals surface area contributed by atoms with Crippen molar-refractivity contribution >= 4 is 33.1 Å². The second kappa shape index (κ2) is 7.81. The zero-order valence-electron chi connectivity index (χ0n) is 17.4. The van der Waals surface area contributed by atoms with Crippen molar-refractivity contribution in [2.24, 2.45) is 12.8 Å². The molecule has 0 saturated heterocycles. The van der Waals surface area contributed by atoms with Gasteiger partial charge in [-0.15, -0.1) is 0 Å². The number of fused-ring (bicyclic) bond motifs is 2. The van der Waals surface area contributed by atoms with Crippen molar-refractivity contribution in [2.45, 2.75) is 6.54 Å². The van der Waals surface area contributed by atoms with Crippen LogP contribution in [0.25, 0.3) is 43.9 Å². The second-order valence-electron chi connectivity index (χ2n) is 7.53. The fraction of sp³-hybridized carbons (Fsp3) is 0.0833. The maximum atomic E-state index is 15.6. The molecule has 0 aliphatic rings. The molecule has 0 fully saturated rings. The molecule has 0 spiro atoms. The zero-order chi connectivity index (χ0) is 23.3. The first-order chi connectivity index (χ1) is 16.0. The molecular weight excluding hydrogens is 443 g/mol. The first kappa shape index (κ1) is 20.8. The molecule has 0 bridgehead atoms. The van der Waals surface area contributed by atoms with Gasteiger partial charge < -0.3 is 5.73 Å². The number of rotatable bonds is 3. The van der Waals surface area contributed by atoms with Gasteiger partial charge in [0.15, 0.2) is 5.82 Å². The average Bonchev–Trinajstić information content (AvgIpc) is 3.22. The Morgan fingerprint density at radius 2 is 1.94 bits per heavy atom.